The average Bonchev–Trinajstić information content (AvgIpc) is 3.03. The first-order chi connectivity index (χ1) is 7.84. The molecule has 2 aliphatic carbocycles. The summed E-state index contributed by atoms with van der Waals surface area (Å²) in [4.78, 5) is 0. The van der Waals surface area contributed by atoms with Crippen LogP contribution in [0.4, 0.5) is 0 Å². The van der Waals surface area contributed by atoms with Crippen LogP contribution in [0.25, 0.3) is 0 Å². The van der Waals surface area contributed by atoms with Crippen LogP contribution < -0.4 is 5.32 Å². The minimum absolute atomic E-state index is 0.623. The summed E-state index contributed by atoms with van der Waals surface area (Å²) < 4.78 is 0. The zero-order chi connectivity index (χ0) is 11.0. The molecule has 1 nitrogen and oxygen atoms in total. The highest BCUT2D eigenvalue weighted by Crippen LogP contribution is 2.38. The van der Waals surface area contributed by atoms with E-state index in [0.717, 1.165) is 11.8 Å². The van der Waals surface area contributed by atoms with Gasteiger partial charge in [0.15, 0.2) is 0 Å². The molecule has 0 bridgehead atoms. The summed E-state index contributed by atoms with van der Waals surface area (Å²) in [5.41, 5.74) is 3.12. The normalized spacial score (nSPS) is 32.2. The summed E-state index contributed by atoms with van der Waals surface area (Å²) in [5, 5.41) is 3.77. The molecule has 0 spiro atoms. The lowest BCUT2D eigenvalue weighted by atomic mass is 9.88. The number of hydrogen-bond donors (Lipinski definition) is 1. The second kappa shape index (κ2) is 4.21. The molecular formula is C15H21N. The first kappa shape index (κ1) is 10.3. The summed E-state index contributed by atoms with van der Waals surface area (Å²) in [6.07, 6.45) is 5.36. The van der Waals surface area contributed by atoms with Crippen LogP contribution in [0.2, 0.25) is 0 Å². The third-order valence-electron chi connectivity index (χ3n) is 4.27. The monoisotopic (exact) mass is 215 g/mol. The zero-order valence-electron chi connectivity index (χ0n) is 10.1. The van der Waals surface area contributed by atoms with Crippen molar-refractivity contribution in [1.29, 1.82) is 0 Å². The van der Waals surface area contributed by atoms with Gasteiger partial charge < -0.3 is 5.32 Å². The van der Waals surface area contributed by atoms with Gasteiger partial charge in [-0.1, -0.05) is 31.2 Å². The fraction of sp³-hybridized carbons (Fsp3) is 0.600. The van der Waals surface area contributed by atoms with Crippen LogP contribution in [0.1, 0.15) is 43.4 Å². The van der Waals surface area contributed by atoms with Gasteiger partial charge in [0.25, 0.3) is 0 Å². The molecule has 3 atom stereocenters. The molecule has 0 amide bonds. The van der Waals surface area contributed by atoms with E-state index >= 15 is 0 Å². The maximum atomic E-state index is 3.77. The van der Waals surface area contributed by atoms with Crippen LogP contribution in [0.15, 0.2) is 24.3 Å². The second-order valence-corrected chi connectivity index (χ2v) is 5.52. The maximum Gasteiger partial charge on any atom is 0.0323 e. The third kappa shape index (κ3) is 2.01. The fourth-order valence-electron chi connectivity index (χ4n) is 2.94. The molecule has 0 radical (unpaired) electrons. The van der Waals surface area contributed by atoms with Crippen LogP contribution in [-0.4, -0.2) is 6.54 Å². The Kier molecular flexibility index (Phi) is 2.72. The van der Waals surface area contributed by atoms with Gasteiger partial charge in [-0.05, 0) is 55.2 Å². The fourth-order valence-corrected chi connectivity index (χ4v) is 2.94. The Morgan fingerprint density at radius 3 is 2.94 bits per heavy atom. The van der Waals surface area contributed by atoms with E-state index in [1.807, 2.05) is 0 Å². The lowest BCUT2D eigenvalue weighted by molar-refractivity contribution is 0.445. The van der Waals surface area contributed by atoms with Crippen LogP contribution in [0.5, 0.6) is 0 Å². The summed E-state index contributed by atoms with van der Waals surface area (Å²) >= 11 is 0. The smallest absolute Gasteiger partial charge is 0.0323 e. The van der Waals surface area contributed by atoms with E-state index in [1.165, 1.54) is 32.2 Å². The largest absolute Gasteiger partial charge is 0.310 e. The van der Waals surface area contributed by atoms with Crippen LogP contribution in [-0.2, 0) is 6.42 Å². The number of aryl methyl sites for hydroxylation is 1. The minimum Gasteiger partial charge on any atom is -0.310 e. The van der Waals surface area contributed by atoms with E-state index in [1.54, 1.807) is 11.1 Å². The molecular weight excluding hydrogens is 194 g/mol. The van der Waals surface area contributed by atoms with Gasteiger partial charge in [-0.25, -0.2) is 0 Å². The van der Waals surface area contributed by atoms with Gasteiger partial charge in [0.05, 0.1) is 0 Å². The highest BCUT2D eigenvalue weighted by Gasteiger charge is 2.32. The Hall–Kier alpha value is -0.820. The quantitative estimate of drug-likeness (QED) is 0.815. The van der Waals surface area contributed by atoms with Crippen LogP contribution in [0.3, 0.4) is 0 Å². The highest BCUT2D eigenvalue weighted by molar-refractivity contribution is 5.32. The van der Waals surface area contributed by atoms with Gasteiger partial charge in [-0.15, -0.1) is 0 Å². The van der Waals surface area contributed by atoms with Crippen molar-refractivity contribution in [3.63, 3.8) is 0 Å². The van der Waals surface area contributed by atoms with Crippen molar-refractivity contribution in [3.8, 4) is 0 Å². The first-order valence-corrected chi connectivity index (χ1v) is 6.66. The van der Waals surface area contributed by atoms with Gasteiger partial charge in [-0.2, -0.15) is 0 Å². The Bertz CT molecular complexity index is 371. The number of rotatable bonds is 3. The van der Waals surface area contributed by atoms with Gasteiger partial charge in [0, 0.05) is 6.04 Å². The van der Waals surface area contributed by atoms with Crippen molar-refractivity contribution >= 4 is 0 Å². The van der Waals surface area contributed by atoms with Crippen molar-refractivity contribution in [2.45, 2.75) is 38.6 Å². The highest BCUT2D eigenvalue weighted by atomic mass is 14.9. The van der Waals surface area contributed by atoms with Crippen molar-refractivity contribution < 1.29 is 0 Å². The van der Waals surface area contributed by atoms with Gasteiger partial charge in [0.2, 0.25) is 0 Å². The molecule has 1 heteroatoms. The summed E-state index contributed by atoms with van der Waals surface area (Å²) in [7, 11) is 0. The predicted octanol–water partition coefficient (Wildman–Crippen LogP) is 3.31. The van der Waals surface area contributed by atoms with Crippen LogP contribution >= 0.6 is 0 Å². The minimum atomic E-state index is 0.623. The zero-order valence-corrected chi connectivity index (χ0v) is 10.1. The lowest BCUT2D eigenvalue weighted by Crippen LogP contribution is -2.27. The first-order valence-electron chi connectivity index (χ1n) is 6.66. The van der Waals surface area contributed by atoms with E-state index in [0.29, 0.717) is 6.04 Å². The molecule has 1 fully saturated rings. The van der Waals surface area contributed by atoms with Crippen LogP contribution in [0, 0.1) is 11.8 Å². The molecule has 16 heavy (non-hydrogen) atoms. The Labute approximate surface area is 98.3 Å². The summed E-state index contributed by atoms with van der Waals surface area (Å²) in [6.45, 7) is 3.58. The van der Waals surface area contributed by atoms with E-state index in [4.69, 9.17) is 0 Å². The summed E-state index contributed by atoms with van der Waals surface area (Å²) in [5.74, 6) is 1.92. The Morgan fingerprint density at radius 2 is 2.12 bits per heavy atom. The molecule has 3 rings (SSSR count). The van der Waals surface area contributed by atoms with E-state index in [9.17, 15) is 0 Å². The molecule has 1 N–H and O–H groups in total. The molecule has 3 unspecified atom stereocenters. The molecule has 86 valence electrons. The van der Waals surface area contributed by atoms with E-state index < -0.39 is 0 Å². The predicted molar refractivity (Wildman–Crippen MR) is 67.4 cm³/mol. The molecule has 1 aromatic carbocycles. The lowest BCUT2D eigenvalue weighted by Gasteiger charge is -2.26. The van der Waals surface area contributed by atoms with Gasteiger partial charge in [0.1, 0.15) is 0 Å². The van der Waals surface area contributed by atoms with Gasteiger partial charge >= 0.3 is 0 Å². The van der Waals surface area contributed by atoms with E-state index in [2.05, 4.69) is 36.5 Å². The SMILES string of the molecule is CC1CC1CNC1CCCc2ccccc21. The van der Waals surface area contributed by atoms with Crippen molar-refractivity contribution in [3.05, 3.63) is 35.4 Å². The summed E-state index contributed by atoms with van der Waals surface area (Å²) in [6, 6.07) is 9.58. The topological polar surface area (TPSA) is 12.0 Å². The third-order valence-corrected chi connectivity index (χ3v) is 4.27. The molecule has 2 aliphatic rings. The standard InChI is InChI=1S/C15H21N/c1-11-9-13(11)10-16-15-8-4-6-12-5-2-3-7-14(12)15/h2-3,5,7,11,13,15-16H,4,6,8-10H2,1H3. The number of fused-ring (bicyclic) bond motifs is 1. The van der Waals surface area contributed by atoms with Crippen molar-refractivity contribution in [1.82, 2.24) is 5.32 Å². The molecule has 1 aromatic rings. The molecule has 0 aromatic heterocycles. The Balaban J connectivity index is 1.67. The number of benzene rings is 1. The number of nitrogens with one attached hydrogen (secondary N) is 1. The molecule has 1 saturated carbocycles. The van der Waals surface area contributed by atoms with E-state index in [-0.39, 0.29) is 0 Å². The molecule has 0 heterocycles. The average molecular weight is 215 g/mol. The van der Waals surface area contributed by atoms with Gasteiger partial charge in [-0.3, -0.25) is 0 Å². The second-order valence-electron chi connectivity index (χ2n) is 5.52. The van der Waals surface area contributed by atoms with Crippen molar-refractivity contribution in [2.75, 3.05) is 6.54 Å². The molecule has 0 saturated heterocycles. The maximum absolute atomic E-state index is 3.77. The Morgan fingerprint density at radius 1 is 1.31 bits per heavy atom. The number of hydrogen-bond acceptors (Lipinski definition) is 1. The van der Waals surface area contributed by atoms with Crippen molar-refractivity contribution in [2.24, 2.45) is 11.8 Å². The molecule has 0 aliphatic heterocycles.